The highest BCUT2D eigenvalue weighted by Gasteiger charge is 2.44. The molecule has 0 radical (unpaired) electrons. The molecule has 1 N–H and O–H groups in total. The normalized spacial score (nSPS) is 20.3. The molecule has 1 aromatic heterocycles. The summed E-state index contributed by atoms with van der Waals surface area (Å²) in [5.74, 6) is -4.02. The van der Waals surface area contributed by atoms with E-state index in [9.17, 15) is 22.8 Å². The number of rotatable bonds is 7. The topological polar surface area (TPSA) is 78.4 Å². The molecule has 1 aliphatic carbocycles. The molecule has 2 heterocycles. The van der Waals surface area contributed by atoms with E-state index in [-0.39, 0.29) is 69.4 Å². The van der Waals surface area contributed by atoms with Gasteiger partial charge in [-0.2, -0.15) is 27.0 Å². The minimum absolute atomic E-state index is 0. The molecule has 1 saturated heterocycles. The SMILES string of the molecule is C[C@H]1CCC(C(=O)N(c2cccc(F)c2)[C@@H](C(=O)NC2CCC(F)(F)CC2)c2ccccc2Cl)N1c1ncccn1.S.S. The molecular formula is C30H35ClF3N5O2S2. The maximum atomic E-state index is 14.6. The molecule has 2 amide bonds. The largest absolute Gasteiger partial charge is 0.351 e. The Hall–Kier alpha value is -2.96. The van der Waals surface area contributed by atoms with E-state index in [1.54, 1.807) is 48.8 Å². The predicted octanol–water partition coefficient (Wildman–Crippen LogP) is 6.32. The van der Waals surface area contributed by atoms with Gasteiger partial charge in [0.05, 0.1) is 0 Å². The molecule has 1 saturated carbocycles. The molecule has 43 heavy (non-hydrogen) atoms. The third-order valence-corrected chi connectivity index (χ3v) is 8.17. The highest BCUT2D eigenvalue weighted by molar-refractivity contribution is 7.59. The number of carbonyl (C=O) groups excluding carboxylic acids is 2. The summed E-state index contributed by atoms with van der Waals surface area (Å²) in [5.41, 5.74) is 0.498. The van der Waals surface area contributed by atoms with Crippen LogP contribution in [-0.2, 0) is 9.59 Å². The van der Waals surface area contributed by atoms with Crippen molar-refractivity contribution in [1.82, 2.24) is 15.3 Å². The fraction of sp³-hybridized carbons (Fsp3) is 0.400. The van der Waals surface area contributed by atoms with Crippen LogP contribution in [0, 0.1) is 5.82 Å². The summed E-state index contributed by atoms with van der Waals surface area (Å²) < 4.78 is 42.3. The Labute approximate surface area is 268 Å². The van der Waals surface area contributed by atoms with Gasteiger partial charge in [0.1, 0.15) is 17.9 Å². The fourth-order valence-electron chi connectivity index (χ4n) is 5.74. The van der Waals surface area contributed by atoms with E-state index in [4.69, 9.17) is 11.6 Å². The zero-order valence-corrected chi connectivity index (χ0v) is 26.3. The van der Waals surface area contributed by atoms with Crippen molar-refractivity contribution < 1.29 is 22.8 Å². The van der Waals surface area contributed by atoms with Gasteiger partial charge in [-0.05, 0) is 62.9 Å². The van der Waals surface area contributed by atoms with Crippen molar-refractivity contribution in [3.63, 3.8) is 0 Å². The number of carbonyl (C=O) groups is 2. The molecule has 2 aromatic carbocycles. The number of anilines is 2. The van der Waals surface area contributed by atoms with E-state index < -0.39 is 41.7 Å². The summed E-state index contributed by atoms with van der Waals surface area (Å²) >= 11 is 6.60. The highest BCUT2D eigenvalue weighted by atomic mass is 35.5. The van der Waals surface area contributed by atoms with Gasteiger partial charge in [0.2, 0.25) is 17.8 Å². The van der Waals surface area contributed by atoms with E-state index >= 15 is 0 Å². The van der Waals surface area contributed by atoms with Crippen molar-refractivity contribution in [2.75, 3.05) is 9.80 Å². The first-order valence-corrected chi connectivity index (χ1v) is 14.1. The van der Waals surface area contributed by atoms with Gasteiger partial charge in [-0.3, -0.25) is 14.5 Å². The second-order valence-electron chi connectivity index (χ2n) is 10.6. The Kier molecular flexibility index (Phi) is 11.8. The van der Waals surface area contributed by atoms with Crippen LogP contribution < -0.4 is 15.1 Å². The zero-order chi connectivity index (χ0) is 29.1. The van der Waals surface area contributed by atoms with E-state index in [0.717, 1.165) is 0 Å². The van der Waals surface area contributed by atoms with Crippen LogP contribution in [0.5, 0.6) is 0 Å². The second kappa shape index (κ2) is 14.7. The summed E-state index contributed by atoms with van der Waals surface area (Å²) in [6.45, 7) is 1.97. The van der Waals surface area contributed by atoms with Gasteiger partial charge in [0, 0.05) is 53.6 Å². The van der Waals surface area contributed by atoms with Crippen LogP contribution in [0.15, 0.2) is 67.0 Å². The average Bonchev–Trinajstić information content (AvgIpc) is 3.34. The van der Waals surface area contributed by atoms with E-state index in [2.05, 4.69) is 15.3 Å². The Morgan fingerprint density at radius 2 is 1.67 bits per heavy atom. The highest BCUT2D eigenvalue weighted by Crippen LogP contribution is 2.38. The molecular weight excluding hydrogens is 619 g/mol. The van der Waals surface area contributed by atoms with Crippen molar-refractivity contribution >= 4 is 62.0 Å². The zero-order valence-electron chi connectivity index (χ0n) is 23.5. The molecule has 2 aliphatic rings. The van der Waals surface area contributed by atoms with E-state index in [0.29, 0.717) is 24.4 Å². The first-order chi connectivity index (χ1) is 19.6. The van der Waals surface area contributed by atoms with Gasteiger partial charge in [-0.1, -0.05) is 35.9 Å². The summed E-state index contributed by atoms with van der Waals surface area (Å²) in [7, 11) is 0. The lowest BCUT2D eigenvalue weighted by Gasteiger charge is -2.37. The maximum absolute atomic E-state index is 14.6. The number of nitrogens with one attached hydrogen (secondary N) is 1. The van der Waals surface area contributed by atoms with Crippen LogP contribution in [0.25, 0.3) is 0 Å². The van der Waals surface area contributed by atoms with Crippen molar-refractivity contribution in [1.29, 1.82) is 0 Å². The summed E-state index contributed by atoms with van der Waals surface area (Å²) in [4.78, 5) is 40.5. The summed E-state index contributed by atoms with van der Waals surface area (Å²) in [5, 5.41) is 3.12. The molecule has 0 spiro atoms. The van der Waals surface area contributed by atoms with Gasteiger partial charge in [-0.15, -0.1) is 0 Å². The molecule has 1 aliphatic heterocycles. The average molecular weight is 654 g/mol. The lowest BCUT2D eigenvalue weighted by atomic mass is 9.91. The standard InChI is InChI=1S/C30H31ClF3N5O2.2H2S/c1-19-10-11-25(38(19)29-35-16-5-17-36-29)28(41)39(22-7-4-6-20(32)18-22)26(23-8-2-3-9-24(23)31)27(40)37-21-12-14-30(33,34)15-13-21;;/h2-9,16-19,21,25-26H,10-15H2,1H3,(H,37,40);2*1H2/t19-,25?,26+;;/m0../s1. The molecule has 1 unspecified atom stereocenters. The Morgan fingerprint density at radius 3 is 2.33 bits per heavy atom. The molecule has 0 bridgehead atoms. The van der Waals surface area contributed by atoms with Crippen LogP contribution in [0.2, 0.25) is 5.02 Å². The van der Waals surface area contributed by atoms with Gasteiger partial charge < -0.3 is 10.2 Å². The number of amides is 2. The van der Waals surface area contributed by atoms with Gasteiger partial charge in [0.25, 0.3) is 5.91 Å². The molecule has 5 rings (SSSR count). The lowest BCUT2D eigenvalue weighted by Crippen LogP contribution is -2.53. The second-order valence-corrected chi connectivity index (χ2v) is 11.1. The first kappa shape index (κ1) is 34.5. The quantitative estimate of drug-likeness (QED) is 0.323. The van der Waals surface area contributed by atoms with Crippen molar-refractivity contribution in [3.8, 4) is 0 Å². The molecule has 13 heteroatoms. The van der Waals surface area contributed by atoms with Gasteiger partial charge in [-0.25, -0.2) is 23.1 Å². The van der Waals surface area contributed by atoms with Crippen LogP contribution in [-0.4, -0.2) is 45.8 Å². The number of hydrogen-bond acceptors (Lipinski definition) is 5. The van der Waals surface area contributed by atoms with Crippen molar-refractivity contribution in [3.05, 3.63) is 83.4 Å². The number of halogens is 4. The van der Waals surface area contributed by atoms with Crippen LogP contribution >= 0.6 is 38.6 Å². The molecule has 7 nitrogen and oxygen atoms in total. The number of hydrogen-bond donors (Lipinski definition) is 1. The number of benzene rings is 2. The Bertz CT molecular complexity index is 1400. The summed E-state index contributed by atoms with van der Waals surface area (Å²) in [6, 6.07) is 11.2. The predicted molar refractivity (Wildman–Crippen MR) is 171 cm³/mol. The number of nitrogens with zero attached hydrogens (tertiary/aromatic N) is 4. The molecule has 3 atom stereocenters. The fourth-order valence-corrected chi connectivity index (χ4v) is 5.98. The summed E-state index contributed by atoms with van der Waals surface area (Å²) in [6.07, 6.45) is 3.83. The van der Waals surface area contributed by atoms with Crippen LogP contribution in [0.4, 0.5) is 24.8 Å². The van der Waals surface area contributed by atoms with E-state index in [1.165, 1.54) is 23.1 Å². The smallest absolute Gasteiger partial charge is 0.250 e. The van der Waals surface area contributed by atoms with E-state index in [1.807, 2.05) is 11.8 Å². The monoisotopic (exact) mass is 653 g/mol. The minimum atomic E-state index is -2.77. The first-order valence-electron chi connectivity index (χ1n) is 13.7. The molecule has 2 fully saturated rings. The maximum Gasteiger partial charge on any atom is 0.250 e. The molecule has 3 aromatic rings. The third kappa shape index (κ3) is 7.77. The van der Waals surface area contributed by atoms with Crippen LogP contribution in [0.3, 0.4) is 0 Å². The Balaban J connectivity index is 0.00000253. The van der Waals surface area contributed by atoms with Gasteiger partial charge in [0.15, 0.2) is 0 Å². The lowest BCUT2D eigenvalue weighted by molar-refractivity contribution is -0.128. The third-order valence-electron chi connectivity index (χ3n) is 7.83. The van der Waals surface area contributed by atoms with Crippen molar-refractivity contribution in [2.45, 2.75) is 75.5 Å². The Morgan fingerprint density at radius 1 is 1.00 bits per heavy atom. The number of alkyl halides is 2. The minimum Gasteiger partial charge on any atom is -0.351 e. The molecule has 232 valence electrons. The van der Waals surface area contributed by atoms with Gasteiger partial charge >= 0.3 is 0 Å². The van der Waals surface area contributed by atoms with Crippen molar-refractivity contribution in [2.24, 2.45) is 0 Å². The number of aromatic nitrogens is 2. The van der Waals surface area contributed by atoms with Crippen LogP contribution in [0.1, 0.15) is 57.1 Å².